The van der Waals surface area contributed by atoms with Crippen molar-refractivity contribution in [2.45, 2.75) is 13.5 Å². The van der Waals surface area contributed by atoms with Crippen LogP contribution in [0.2, 0.25) is 5.02 Å². The molecule has 4 rings (SSSR count). The third-order valence-electron chi connectivity index (χ3n) is 5.45. The number of rotatable bonds is 6. The summed E-state index contributed by atoms with van der Waals surface area (Å²) in [5, 5.41) is 0.696. The van der Waals surface area contributed by atoms with Crippen molar-refractivity contribution in [2.75, 3.05) is 37.7 Å². The van der Waals surface area contributed by atoms with Crippen LogP contribution < -0.4 is 15.2 Å². The number of anilines is 1. The van der Waals surface area contributed by atoms with Crippen LogP contribution in [0.5, 0.6) is 5.75 Å². The van der Waals surface area contributed by atoms with E-state index in [1.807, 2.05) is 55.5 Å². The molecule has 32 heavy (non-hydrogen) atoms. The van der Waals surface area contributed by atoms with Gasteiger partial charge >= 0.3 is 0 Å². The highest BCUT2D eigenvalue weighted by Gasteiger charge is 2.22. The van der Waals surface area contributed by atoms with Gasteiger partial charge in [0.1, 0.15) is 12.3 Å². The molecule has 1 saturated heterocycles. The van der Waals surface area contributed by atoms with Gasteiger partial charge in [0, 0.05) is 48.5 Å². The second-order valence-corrected chi connectivity index (χ2v) is 7.98. The number of benzene rings is 2. The minimum Gasteiger partial charge on any atom is -0.494 e. The lowest BCUT2D eigenvalue weighted by molar-refractivity contribution is -0.132. The van der Waals surface area contributed by atoms with Crippen molar-refractivity contribution in [1.82, 2.24) is 14.5 Å². The van der Waals surface area contributed by atoms with Crippen molar-refractivity contribution in [1.29, 1.82) is 0 Å². The fourth-order valence-corrected chi connectivity index (χ4v) is 3.91. The maximum Gasteiger partial charge on any atom is 0.254 e. The van der Waals surface area contributed by atoms with Gasteiger partial charge in [-0.2, -0.15) is 0 Å². The van der Waals surface area contributed by atoms with Crippen LogP contribution in [0.15, 0.2) is 65.7 Å². The van der Waals surface area contributed by atoms with Crippen LogP contribution in [-0.4, -0.2) is 53.1 Å². The van der Waals surface area contributed by atoms with Gasteiger partial charge in [0.05, 0.1) is 18.6 Å². The zero-order valence-corrected chi connectivity index (χ0v) is 18.7. The summed E-state index contributed by atoms with van der Waals surface area (Å²) in [7, 11) is 0. The average Bonchev–Trinajstić information content (AvgIpc) is 2.81. The van der Waals surface area contributed by atoms with Gasteiger partial charge in [-0.3, -0.25) is 14.2 Å². The minimum absolute atomic E-state index is 0.0213. The molecule has 0 spiro atoms. The van der Waals surface area contributed by atoms with Crippen molar-refractivity contribution in [2.24, 2.45) is 0 Å². The summed E-state index contributed by atoms with van der Waals surface area (Å²) in [6.45, 7) is 5.13. The van der Waals surface area contributed by atoms with Gasteiger partial charge in [-0.15, -0.1) is 0 Å². The van der Waals surface area contributed by atoms with E-state index in [4.69, 9.17) is 16.3 Å². The number of piperazine rings is 1. The predicted molar refractivity (Wildman–Crippen MR) is 125 cm³/mol. The number of amides is 1. The SMILES string of the molecule is CCOc1ccc(-c2cc(=O)n(CC(=O)N3CCN(c4cccc(Cl)c4)CC3)cn2)cc1. The number of carbonyl (C=O) groups excluding carboxylic acids is 1. The summed E-state index contributed by atoms with van der Waals surface area (Å²) < 4.78 is 6.79. The molecule has 1 amide bonds. The summed E-state index contributed by atoms with van der Waals surface area (Å²) in [5.74, 6) is 0.680. The van der Waals surface area contributed by atoms with E-state index in [-0.39, 0.29) is 18.0 Å². The molecule has 1 aliphatic rings. The molecule has 0 radical (unpaired) electrons. The van der Waals surface area contributed by atoms with Crippen molar-refractivity contribution in [3.05, 3.63) is 76.3 Å². The molecule has 166 valence electrons. The second-order valence-electron chi connectivity index (χ2n) is 7.55. The Morgan fingerprint density at radius 1 is 1.06 bits per heavy atom. The van der Waals surface area contributed by atoms with Crippen molar-refractivity contribution >= 4 is 23.2 Å². The van der Waals surface area contributed by atoms with Crippen LogP contribution in [0.1, 0.15) is 6.92 Å². The Kier molecular flexibility index (Phi) is 6.75. The molecule has 0 aliphatic carbocycles. The first kappa shape index (κ1) is 21.9. The molecule has 0 bridgehead atoms. The number of hydrogen-bond donors (Lipinski definition) is 0. The molecule has 0 saturated carbocycles. The molecule has 3 aromatic rings. The Hall–Kier alpha value is -3.32. The van der Waals surface area contributed by atoms with Gasteiger partial charge in [-0.05, 0) is 49.4 Å². The van der Waals surface area contributed by atoms with Gasteiger partial charge in [-0.1, -0.05) is 17.7 Å². The van der Waals surface area contributed by atoms with Crippen molar-refractivity contribution in [3.8, 4) is 17.0 Å². The molecule has 0 N–H and O–H groups in total. The van der Waals surface area contributed by atoms with Crippen LogP contribution in [-0.2, 0) is 11.3 Å². The van der Waals surface area contributed by atoms with Gasteiger partial charge in [0.2, 0.25) is 5.91 Å². The normalized spacial score (nSPS) is 13.8. The first-order valence-corrected chi connectivity index (χ1v) is 11.0. The number of halogens is 1. The second kappa shape index (κ2) is 9.87. The molecule has 0 atom stereocenters. The van der Waals surface area contributed by atoms with E-state index in [1.54, 1.807) is 4.90 Å². The highest BCUT2D eigenvalue weighted by Crippen LogP contribution is 2.21. The Morgan fingerprint density at radius 2 is 1.81 bits per heavy atom. The maximum atomic E-state index is 12.8. The maximum absolute atomic E-state index is 12.8. The topological polar surface area (TPSA) is 67.7 Å². The molecule has 1 aliphatic heterocycles. The zero-order chi connectivity index (χ0) is 22.5. The number of aromatic nitrogens is 2. The summed E-state index contributed by atoms with van der Waals surface area (Å²) in [6, 6.07) is 16.6. The Labute approximate surface area is 191 Å². The molecule has 8 heteroatoms. The van der Waals surface area contributed by atoms with E-state index in [9.17, 15) is 9.59 Å². The molecule has 1 aromatic heterocycles. The Bertz CT molecular complexity index is 1140. The summed E-state index contributed by atoms with van der Waals surface area (Å²) in [4.78, 5) is 33.7. The first-order valence-electron chi connectivity index (χ1n) is 10.6. The largest absolute Gasteiger partial charge is 0.494 e. The van der Waals surface area contributed by atoms with Crippen LogP contribution in [0.3, 0.4) is 0 Å². The standard InChI is InChI=1S/C24H25ClN4O3/c1-2-32-21-8-6-18(7-9-21)22-15-23(30)29(17-26-22)16-24(31)28-12-10-27(11-13-28)20-5-3-4-19(25)14-20/h3-9,14-15,17H,2,10-13,16H2,1H3. The average molecular weight is 453 g/mol. The van der Waals surface area contributed by atoms with Gasteiger partial charge in [-0.25, -0.2) is 4.98 Å². The van der Waals surface area contributed by atoms with Gasteiger partial charge < -0.3 is 14.5 Å². The number of ether oxygens (including phenoxy) is 1. The summed E-state index contributed by atoms with van der Waals surface area (Å²) in [5.41, 5.74) is 2.18. The van der Waals surface area contributed by atoms with Crippen LogP contribution in [0.4, 0.5) is 5.69 Å². The fourth-order valence-electron chi connectivity index (χ4n) is 3.72. The molecule has 2 heterocycles. The molecular formula is C24H25ClN4O3. The molecular weight excluding hydrogens is 428 g/mol. The van der Waals surface area contributed by atoms with E-state index in [0.717, 1.165) is 30.1 Å². The first-order chi connectivity index (χ1) is 15.5. The van der Waals surface area contributed by atoms with Crippen molar-refractivity contribution in [3.63, 3.8) is 0 Å². The van der Waals surface area contributed by atoms with Gasteiger partial charge in [0.25, 0.3) is 5.56 Å². The molecule has 2 aromatic carbocycles. The number of hydrogen-bond acceptors (Lipinski definition) is 5. The number of nitrogens with zero attached hydrogens (tertiary/aromatic N) is 4. The summed E-state index contributed by atoms with van der Waals surface area (Å²) >= 11 is 6.08. The lowest BCUT2D eigenvalue weighted by atomic mass is 10.1. The molecule has 7 nitrogen and oxygen atoms in total. The lowest BCUT2D eigenvalue weighted by Gasteiger charge is -2.36. The van der Waals surface area contributed by atoms with Crippen LogP contribution in [0, 0.1) is 0 Å². The molecule has 1 fully saturated rings. The number of carbonyl (C=O) groups is 1. The fraction of sp³-hybridized carbons (Fsp3) is 0.292. The molecule has 0 unspecified atom stereocenters. The monoisotopic (exact) mass is 452 g/mol. The van der Waals surface area contributed by atoms with Crippen molar-refractivity contribution < 1.29 is 9.53 Å². The summed E-state index contributed by atoms with van der Waals surface area (Å²) in [6.07, 6.45) is 1.44. The Balaban J connectivity index is 1.37. The zero-order valence-electron chi connectivity index (χ0n) is 17.9. The van der Waals surface area contributed by atoms with E-state index >= 15 is 0 Å². The predicted octanol–water partition coefficient (Wildman–Crippen LogP) is 3.31. The van der Waals surface area contributed by atoms with Crippen LogP contribution in [0.25, 0.3) is 11.3 Å². The smallest absolute Gasteiger partial charge is 0.254 e. The van der Waals surface area contributed by atoms with E-state index in [1.165, 1.54) is 17.0 Å². The minimum atomic E-state index is -0.255. The Morgan fingerprint density at radius 3 is 2.47 bits per heavy atom. The van der Waals surface area contributed by atoms with E-state index in [2.05, 4.69) is 9.88 Å². The van der Waals surface area contributed by atoms with Gasteiger partial charge in [0.15, 0.2) is 0 Å². The third-order valence-corrected chi connectivity index (χ3v) is 5.69. The lowest BCUT2D eigenvalue weighted by Crippen LogP contribution is -2.50. The third kappa shape index (κ3) is 5.11. The van der Waals surface area contributed by atoms with E-state index < -0.39 is 0 Å². The quantitative estimate of drug-likeness (QED) is 0.574. The van der Waals surface area contributed by atoms with Crippen LogP contribution >= 0.6 is 11.6 Å². The van der Waals surface area contributed by atoms with E-state index in [0.29, 0.717) is 30.4 Å². The highest BCUT2D eigenvalue weighted by molar-refractivity contribution is 6.30. The highest BCUT2D eigenvalue weighted by atomic mass is 35.5.